The molecule has 3 aromatic rings. The number of carbonyl (C=O) groups excluding carboxylic acids is 1. The fourth-order valence-electron chi connectivity index (χ4n) is 2.93. The number of nitrogens with zero attached hydrogens (tertiary/aromatic N) is 3. The van der Waals surface area contributed by atoms with E-state index in [-0.39, 0.29) is 17.7 Å². The molecule has 1 aromatic carbocycles. The molecule has 0 bridgehead atoms. The Morgan fingerprint density at radius 2 is 1.96 bits per heavy atom. The average molecular weight is 388 g/mol. The van der Waals surface area contributed by atoms with Crippen LogP contribution in [-0.4, -0.2) is 33.8 Å². The van der Waals surface area contributed by atoms with Crippen LogP contribution in [0.15, 0.2) is 36.5 Å². The van der Waals surface area contributed by atoms with Crippen LogP contribution >= 0.6 is 0 Å². The maximum Gasteiger partial charge on any atom is 0.387 e. The van der Waals surface area contributed by atoms with Gasteiger partial charge in [-0.15, -0.1) is 0 Å². The number of fused-ring (bicyclic) bond motifs is 1. The molecule has 2 aromatic heterocycles. The van der Waals surface area contributed by atoms with Crippen LogP contribution in [-0.2, 0) is 6.42 Å². The lowest BCUT2D eigenvalue weighted by Gasteiger charge is -2.10. The molecule has 0 unspecified atom stereocenters. The van der Waals surface area contributed by atoms with E-state index in [0.29, 0.717) is 24.2 Å². The van der Waals surface area contributed by atoms with Gasteiger partial charge in [-0.05, 0) is 51.0 Å². The molecule has 0 fully saturated rings. The first kappa shape index (κ1) is 19.7. The van der Waals surface area contributed by atoms with Crippen molar-refractivity contribution >= 4 is 16.9 Å². The van der Waals surface area contributed by atoms with Gasteiger partial charge in [-0.25, -0.2) is 9.67 Å². The topological polar surface area (TPSA) is 69.0 Å². The normalized spacial score (nSPS) is 11.4. The van der Waals surface area contributed by atoms with Crippen LogP contribution in [0.5, 0.6) is 5.75 Å². The van der Waals surface area contributed by atoms with Crippen molar-refractivity contribution in [3.63, 3.8) is 0 Å². The van der Waals surface area contributed by atoms with Gasteiger partial charge in [-0.1, -0.05) is 12.1 Å². The van der Waals surface area contributed by atoms with Gasteiger partial charge in [0.05, 0.1) is 17.5 Å². The van der Waals surface area contributed by atoms with Crippen LogP contribution in [0.3, 0.4) is 0 Å². The lowest BCUT2D eigenvalue weighted by Crippen LogP contribution is -2.26. The van der Waals surface area contributed by atoms with Crippen LogP contribution in [0.2, 0.25) is 0 Å². The van der Waals surface area contributed by atoms with Crippen molar-refractivity contribution in [2.45, 2.75) is 39.8 Å². The highest BCUT2D eigenvalue weighted by atomic mass is 19.3. The quantitative estimate of drug-likeness (QED) is 0.667. The summed E-state index contributed by atoms with van der Waals surface area (Å²) in [6.45, 7) is 3.42. The van der Waals surface area contributed by atoms with Gasteiger partial charge in [0, 0.05) is 18.0 Å². The third kappa shape index (κ3) is 4.44. The van der Waals surface area contributed by atoms with E-state index in [1.165, 1.54) is 12.1 Å². The lowest BCUT2D eigenvalue weighted by atomic mass is 10.1. The second-order valence-electron chi connectivity index (χ2n) is 6.75. The first-order valence-corrected chi connectivity index (χ1v) is 9.02. The largest absolute Gasteiger partial charge is 0.435 e. The molecule has 148 valence electrons. The molecular weight excluding hydrogens is 366 g/mol. The molecule has 8 heteroatoms. The van der Waals surface area contributed by atoms with Gasteiger partial charge < -0.3 is 10.1 Å². The number of ether oxygens (including phenoxy) is 1. The predicted octanol–water partition coefficient (Wildman–Crippen LogP) is 3.89. The summed E-state index contributed by atoms with van der Waals surface area (Å²) < 4.78 is 30.5. The van der Waals surface area contributed by atoms with Crippen LogP contribution in [0.4, 0.5) is 8.78 Å². The number of rotatable bonds is 7. The first-order valence-electron chi connectivity index (χ1n) is 9.02. The highest BCUT2D eigenvalue weighted by molar-refractivity contribution is 5.98. The Balaban J connectivity index is 1.62. The van der Waals surface area contributed by atoms with E-state index in [1.54, 1.807) is 31.3 Å². The Morgan fingerprint density at radius 3 is 2.61 bits per heavy atom. The number of carbonyl (C=O) groups is 1. The fourth-order valence-corrected chi connectivity index (χ4v) is 2.93. The van der Waals surface area contributed by atoms with Crippen molar-refractivity contribution in [1.29, 1.82) is 0 Å². The van der Waals surface area contributed by atoms with E-state index < -0.39 is 6.61 Å². The minimum atomic E-state index is -2.84. The van der Waals surface area contributed by atoms with E-state index in [0.717, 1.165) is 16.6 Å². The third-order valence-electron chi connectivity index (χ3n) is 4.34. The standard InChI is InChI=1S/C20H22F2N4O2/c1-12(2)26-18-15(11-24-26)10-17(13(3)25-18)19(27)23-9-8-14-4-6-16(7-5-14)28-20(21)22/h4-7,10-12,20H,8-9H2,1-3H3,(H,23,27). The van der Waals surface area contributed by atoms with E-state index in [1.807, 2.05) is 18.5 Å². The number of pyridine rings is 1. The van der Waals surface area contributed by atoms with Gasteiger partial charge in [0.1, 0.15) is 5.75 Å². The number of aromatic nitrogens is 3. The average Bonchev–Trinajstić information content (AvgIpc) is 3.05. The predicted molar refractivity (Wildman–Crippen MR) is 102 cm³/mol. The molecule has 0 atom stereocenters. The zero-order valence-corrected chi connectivity index (χ0v) is 15.9. The van der Waals surface area contributed by atoms with E-state index >= 15 is 0 Å². The van der Waals surface area contributed by atoms with Crippen molar-refractivity contribution in [2.24, 2.45) is 0 Å². The number of aryl methyl sites for hydroxylation is 1. The maximum absolute atomic E-state index is 12.5. The molecule has 1 amide bonds. The number of hydrogen-bond acceptors (Lipinski definition) is 4. The molecular formula is C20H22F2N4O2. The fraction of sp³-hybridized carbons (Fsp3) is 0.350. The first-order chi connectivity index (χ1) is 13.3. The molecule has 2 heterocycles. The summed E-state index contributed by atoms with van der Waals surface area (Å²) in [6.07, 6.45) is 2.28. The number of benzene rings is 1. The Bertz CT molecular complexity index is 968. The Kier molecular flexibility index (Phi) is 5.87. The van der Waals surface area contributed by atoms with Crippen molar-refractivity contribution in [1.82, 2.24) is 20.1 Å². The molecule has 0 aliphatic carbocycles. The molecule has 0 radical (unpaired) electrons. The molecule has 6 nitrogen and oxygen atoms in total. The van der Waals surface area contributed by atoms with E-state index in [4.69, 9.17) is 0 Å². The van der Waals surface area contributed by atoms with Crippen molar-refractivity contribution in [3.8, 4) is 5.75 Å². The summed E-state index contributed by atoms with van der Waals surface area (Å²) in [4.78, 5) is 17.1. The van der Waals surface area contributed by atoms with Crippen LogP contribution in [0, 0.1) is 6.92 Å². The second kappa shape index (κ2) is 8.33. The van der Waals surface area contributed by atoms with Gasteiger partial charge >= 0.3 is 6.61 Å². The summed E-state index contributed by atoms with van der Waals surface area (Å²) in [5.41, 5.74) is 2.82. The number of nitrogens with one attached hydrogen (secondary N) is 1. The minimum absolute atomic E-state index is 0.111. The monoisotopic (exact) mass is 388 g/mol. The van der Waals surface area contributed by atoms with Gasteiger partial charge in [0.25, 0.3) is 5.91 Å². The van der Waals surface area contributed by atoms with Crippen molar-refractivity contribution in [2.75, 3.05) is 6.54 Å². The Morgan fingerprint density at radius 1 is 1.25 bits per heavy atom. The molecule has 1 N–H and O–H groups in total. The Hall–Kier alpha value is -3.03. The highest BCUT2D eigenvalue weighted by Gasteiger charge is 2.15. The second-order valence-corrected chi connectivity index (χ2v) is 6.75. The zero-order valence-electron chi connectivity index (χ0n) is 15.9. The third-order valence-corrected chi connectivity index (χ3v) is 4.34. The zero-order chi connectivity index (χ0) is 20.3. The van der Waals surface area contributed by atoms with Crippen molar-refractivity contribution in [3.05, 3.63) is 53.3 Å². The number of alkyl halides is 2. The van der Waals surface area contributed by atoms with E-state index in [2.05, 4.69) is 20.1 Å². The molecule has 0 aliphatic rings. The summed E-state index contributed by atoms with van der Waals surface area (Å²) in [7, 11) is 0. The molecule has 0 saturated heterocycles. The molecule has 0 spiro atoms. The molecule has 0 saturated carbocycles. The Labute approximate surface area is 161 Å². The summed E-state index contributed by atoms with van der Waals surface area (Å²) in [5.74, 6) is -0.0958. The number of hydrogen-bond donors (Lipinski definition) is 1. The van der Waals surface area contributed by atoms with Gasteiger partial charge in [0.15, 0.2) is 5.65 Å². The summed E-state index contributed by atoms with van der Waals surface area (Å²) in [6, 6.07) is 8.35. The summed E-state index contributed by atoms with van der Waals surface area (Å²) in [5, 5.41) is 8.02. The molecule has 3 rings (SSSR count). The smallest absolute Gasteiger partial charge is 0.387 e. The van der Waals surface area contributed by atoms with Crippen molar-refractivity contribution < 1.29 is 18.3 Å². The van der Waals surface area contributed by atoms with Gasteiger partial charge in [-0.3, -0.25) is 4.79 Å². The molecule has 0 aliphatic heterocycles. The maximum atomic E-state index is 12.5. The van der Waals surface area contributed by atoms with E-state index in [9.17, 15) is 13.6 Å². The van der Waals surface area contributed by atoms with Crippen LogP contribution < -0.4 is 10.1 Å². The number of amides is 1. The number of halogens is 2. The van der Waals surface area contributed by atoms with Gasteiger partial charge in [0.2, 0.25) is 0 Å². The summed E-state index contributed by atoms with van der Waals surface area (Å²) >= 11 is 0. The molecule has 28 heavy (non-hydrogen) atoms. The van der Waals surface area contributed by atoms with Crippen LogP contribution in [0.1, 0.15) is 41.5 Å². The minimum Gasteiger partial charge on any atom is -0.435 e. The SMILES string of the molecule is Cc1nc2c(cnn2C(C)C)cc1C(=O)NCCc1ccc(OC(F)F)cc1. The van der Waals surface area contributed by atoms with Gasteiger partial charge in [-0.2, -0.15) is 13.9 Å². The highest BCUT2D eigenvalue weighted by Crippen LogP contribution is 2.19. The van der Waals surface area contributed by atoms with Crippen LogP contribution in [0.25, 0.3) is 11.0 Å². The lowest BCUT2D eigenvalue weighted by molar-refractivity contribution is -0.0498.